The van der Waals surface area contributed by atoms with E-state index < -0.39 is 6.10 Å². The first-order chi connectivity index (χ1) is 11.4. The molecule has 0 heterocycles. The quantitative estimate of drug-likeness (QED) is 0.664. The molecule has 4 nitrogen and oxygen atoms in total. The zero-order chi connectivity index (χ0) is 17.6. The number of aliphatic hydroxyl groups is 1. The number of hydrogen-bond acceptors (Lipinski definition) is 4. The number of hydrogen-bond donors (Lipinski definition) is 3. The van der Waals surface area contributed by atoms with Gasteiger partial charge < -0.3 is 20.3 Å². The topological polar surface area (TPSA) is 61.7 Å². The molecule has 25 heavy (non-hydrogen) atoms. The maximum Gasteiger partial charge on any atom is 0.122 e. The highest BCUT2D eigenvalue weighted by molar-refractivity contribution is 5.85. The molecule has 0 aliphatic heterocycles. The van der Waals surface area contributed by atoms with E-state index in [4.69, 9.17) is 4.74 Å². The predicted molar refractivity (Wildman–Crippen MR) is 104 cm³/mol. The van der Waals surface area contributed by atoms with Crippen LogP contribution in [0.25, 0.3) is 0 Å². The number of para-hydroxylation sites is 1. The molecule has 1 atom stereocenters. The molecule has 138 valence electrons. The maximum atomic E-state index is 10.3. The summed E-state index contributed by atoms with van der Waals surface area (Å²) < 4.78 is 5.40. The molecule has 5 heteroatoms. The molecule has 0 amide bonds. The van der Waals surface area contributed by atoms with Gasteiger partial charge in [0.05, 0.1) is 13.2 Å². The zero-order valence-electron chi connectivity index (χ0n) is 15.0. The second kappa shape index (κ2) is 9.66. The van der Waals surface area contributed by atoms with Crippen molar-refractivity contribution in [1.82, 2.24) is 5.32 Å². The third kappa shape index (κ3) is 6.58. The Morgan fingerprint density at radius 1 is 1.08 bits per heavy atom. The smallest absolute Gasteiger partial charge is 0.122 e. The fraction of sp³-hybridized carbons (Fsp3) is 0.400. The monoisotopic (exact) mass is 365 g/mol. The van der Waals surface area contributed by atoms with Gasteiger partial charge in [-0.3, -0.25) is 0 Å². The molecule has 2 aromatic carbocycles. The molecule has 2 rings (SSSR count). The number of halogens is 1. The van der Waals surface area contributed by atoms with E-state index in [0.29, 0.717) is 6.54 Å². The van der Waals surface area contributed by atoms with Crippen LogP contribution >= 0.6 is 12.4 Å². The minimum absolute atomic E-state index is 0. The molecule has 0 saturated heterocycles. The molecule has 2 aromatic rings. The van der Waals surface area contributed by atoms with E-state index in [2.05, 4.69) is 25.2 Å². The first kappa shape index (κ1) is 21.3. The molecule has 0 saturated carbocycles. The summed E-state index contributed by atoms with van der Waals surface area (Å²) in [5, 5.41) is 23.0. The van der Waals surface area contributed by atoms with Crippen molar-refractivity contribution in [3.8, 4) is 11.5 Å². The van der Waals surface area contributed by atoms with Crippen molar-refractivity contribution >= 4 is 12.4 Å². The molecule has 0 radical (unpaired) electrons. The van der Waals surface area contributed by atoms with Gasteiger partial charge in [-0.05, 0) is 56.0 Å². The van der Waals surface area contributed by atoms with Crippen LogP contribution in [0.4, 0.5) is 0 Å². The summed E-state index contributed by atoms with van der Waals surface area (Å²) in [6, 6.07) is 14.7. The van der Waals surface area contributed by atoms with Crippen molar-refractivity contribution in [2.24, 2.45) is 0 Å². The van der Waals surface area contributed by atoms with Crippen LogP contribution in [0.3, 0.4) is 0 Å². The average Bonchev–Trinajstić information content (AvgIpc) is 2.59. The summed E-state index contributed by atoms with van der Waals surface area (Å²) in [7, 11) is 1.69. The lowest BCUT2D eigenvalue weighted by atomic mass is 9.94. The van der Waals surface area contributed by atoms with Crippen molar-refractivity contribution in [2.75, 3.05) is 13.7 Å². The highest BCUT2D eigenvalue weighted by atomic mass is 35.5. The molecule has 0 aromatic heterocycles. The standard InChI is InChI=1S/C20H27NO3.ClH/c1-20(2,13-12-16-6-4-5-7-19(16)24-3)21-14-18(23)15-8-10-17(22)11-9-15;/h4-11,18,21-23H,12-14H2,1-3H3;1H. The van der Waals surface area contributed by atoms with Crippen molar-refractivity contribution < 1.29 is 14.9 Å². The summed E-state index contributed by atoms with van der Waals surface area (Å²) >= 11 is 0. The lowest BCUT2D eigenvalue weighted by Crippen LogP contribution is -2.42. The molecule has 0 aliphatic carbocycles. The summed E-state index contributed by atoms with van der Waals surface area (Å²) in [5.41, 5.74) is 1.87. The van der Waals surface area contributed by atoms with Gasteiger partial charge in [0.1, 0.15) is 11.5 Å². The maximum absolute atomic E-state index is 10.3. The van der Waals surface area contributed by atoms with Crippen LogP contribution in [-0.4, -0.2) is 29.4 Å². The summed E-state index contributed by atoms with van der Waals surface area (Å²) in [4.78, 5) is 0. The number of aromatic hydroxyl groups is 1. The largest absolute Gasteiger partial charge is 0.508 e. The second-order valence-corrected chi connectivity index (χ2v) is 6.68. The van der Waals surface area contributed by atoms with Crippen LogP contribution in [0.15, 0.2) is 48.5 Å². The molecular formula is C20H28ClNO3. The van der Waals surface area contributed by atoms with Gasteiger partial charge in [-0.25, -0.2) is 0 Å². The Bertz CT molecular complexity index is 644. The van der Waals surface area contributed by atoms with Crippen LogP contribution < -0.4 is 10.1 Å². The van der Waals surface area contributed by atoms with Crippen molar-refractivity contribution in [1.29, 1.82) is 0 Å². The van der Waals surface area contributed by atoms with Gasteiger partial charge in [-0.1, -0.05) is 30.3 Å². The SMILES string of the molecule is COc1ccccc1CCC(C)(C)NCC(O)c1ccc(O)cc1.Cl. The first-order valence-corrected chi connectivity index (χ1v) is 8.25. The van der Waals surface area contributed by atoms with E-state index in [-0.39, 0.29) is 23.7 Å². The molecule has 1 unspecified atom stereocenters. The Balaban J connectivity index is 0.00000312. The van der Waals surface area contributed by atoms with E-state index in [0.717, 1.165) is 24.2 Å². The van der Waals surface area contributed by atoms with E-state index in [1.54, 1.807) is 31.4 Å². The molecule has 3 N–H and O–H groups in total. The van der Waals surface area contributed by atoms with Crippen molar-refractivity contribution in [3.63, 3.8) is 0 Å². The number of phenols is 1. The van der Waals surface area contributed by atoms with Crippen LogP contribution in [0, 0.1) is 0 Å². The van der Waals surface area contributed by atoms with E-state index in [1.807, 2.05) is 18.2 Å². The van der Waals surface area contributed by atoms with Crippen LogP contribution in [-0.2, 0) is 6.42 Å². The second-order valence-electron chi connectivity index (χ2n) is 6.68. The number of ether oxygens (including phenoxy) is 1. The number of methoxy groups -OCH3 is 1. The van der Waals surface area contributed by atoms with Crippen LogP contribution in [0.2, 0.25) is 0 Å². The number of rotatable bonds is 8. The highest BCUT2D eigenvalue weighted by Gasteiger charge is 2.19. The average molecular weight is 366 g/mol. The minimum atomic E-state index is -0.601. The number of benzene rings is 2. The first-order valence-electron chi connectivity index (χ1n) is 8.25. The molecule has 0 fully saturated rings. The Kier molecular flexibility index (Phi) is 8.23. The Morgan fingerprint density at radius 2 is 1.72 bits per heavy atom. The zero-order valence-corrected chi connectivity index (χ0v) is 15.8. The Hall–Kier alpha value is -1.75. The summed E-state index contributed by atoms with van der Waals surface area (Å²) in [6.45, 7) is 4.72. The van der Waals surface area contributed by atoms with Gasteiger partial charge in [0.25, 0.3) is 0 Å². The number of aliphatic hydroxyl groups excluding tert-OH is 1. The summed E-state index contributed by atoms with van der Waals surface area (Å²) in [6.07, 6.45) is 1.23. The fourth-order valence-electron chi connectivity index (χ4n) is 2.63. The van der Waals surface area contributed by atoms with Crippen LogP contribution in [0.1, 0.15) is 37.5 Å². The third-order valence-electron chi connectivity index (χ3n) is 4.26. The normalized spacial score (nSPS) is 12.3. The number of aryl methyl sites for hydroxylation is 1. The lowest BCUT2D eigenvalue weighted by Gasteiger charge is -2.28. The molecule has 0 aliphatic rings. The predicted octanol–water partition coefficient (Wildman–Crippen LogP) is 3.86. The van der Waals surface area contributed by atoms with E-state index in [9.17, 15) is 10.2 Å². The van der Waals surface area contributed by atoms with Crippen LogP contribution in [0.5, 0.6) is 11.5 Å². The Morgan fingerprint density at radius 3 is 2.36 bits per heavy atom. The fourth-order valence-corrected chi connectivity index (χ4v) is 2.63. The lowest BCUT2D eigenvalue weighted by molar-refractivity contribution is 0.159. The summed E-state index contributed by atoms with van der Waals surface area (Å²) in [5.74, 6) is 1.12. The third-order valence-corrected chi connectivity index (χ3v) is 4.26. The highest BCUT2D eigenvalue weighted by Crippen LogP contribution is 2.23. The van der Waals surface area contributed by atoms with E-state index in [1.165, 1.54) is 5.56 Å². The minimum Gasteiger partial charge on any atom is -0.508 e. The number of nitrogens with one attached hydrogen (secondary N) is 1. The molecule has 0 spiro atoms. The number of phenolic OH excluding ortho intramolecular Hbond substituents is 1. The van der Waals surface area contributed by atoms with Gasteiger partial charge >= 0.3 is 0 Å². The molecule has 0 bridgehead atoms. The number of β-amino-alcohol motifs (C(OH)–C–C–N with tert-alkyl or cyclic N) is 1. The van der Waals surface area contributed by atoms with Gasteiger partial charge in [0, 0.05) is 12.1 Å². The van der Waals surface area contributed by atoms with Gasteiger partial charge in [-0.15, -0.1) is 12.4 Å². The van der Waals surface area contributed by atoms with Crippen molar-refractivity contribution in [2.45, 2.75) is 38.3 Å². The van der Waals surface area contributed by atoms with Gasteiger partial charge in [0.2, 0.25) is 0 Å². The Labute approximate surface area is 156 Å². The van der Waals surface area contributed by atoms with Gasteiger partial charge in [0.15, 0.2) is 0 Å². The van der Waals surface area contributed by atoms with E-state index >= 15 is 0 Å². The van der Waals surface area contributed by atoms with Gasteiger partial charge in [-0.2, -0.15) is 0 Å². The van der Waals surface area contributed by atoms with Crippen molar-refractivity contribution in [3.05, 3.63) is 59.7 Å². The molecular weight excluding hydrogens is 338 g/mol.